The number of aryl methyl sites for hydroxylation is 1. The first-order valence-corrected chi connectivity index (χ1v) is 6.63. The Labute approximate surface area is 108 Å². The Morgan fingerprint density at radius 3 is 2.61 bits per heavy atom. The molecule has 2 rings (SSSR count). The zero-order valence-electron chi connectivity index (χ0n) is 11.1. The number of nitrogen functional groups attached to an aromatic ring is 1. The largest absolute Gasteiger partial charge is 0.459 e. The molecule has 1 aliphatic rings. The minimum atomic E-state index is -0.282. The maximum Gasteiger partial charge on any atom is 0.340 e. The quantitative estimate of drug-likeness (QED) is 0.644. The van der Waals surface area contributed by atoms with Crippen LogP contribution in [0.5, 0.6) is 0 Å². The molecular weight excluding hydrogens is 226 g/mol. The van der Waals surface area contributed by atoms with Crippen LogP contribution in [0.4, 0.5) is 5.69 Å². The van der Waals surface area contributed by atoms with Gasteiger partial charge in [0, 0.05) is 5.69 Å². The number of carbonyl (C=O) groups excluding carboxylic acids is 1. The van der Waals surface area contributed by atoms with Crippen LogP contribution in [0, 0.1) is 12.8 Å². The summed E-state index contributed by atoms with van der Waals surface area (Å²) in [6, 6.07) is 5.45. The zero-order chi connectivity index (χ0) is 13.1. The molecule has 2 N–H and O–H groups in total. The number of benzene rings is 1. The van der Waals surface area contributed by atoms with Crippen molar-refractivity contribution in [2.45, 2.75) is 45.6 Å². The first-order valence-electron chi connectivity index (χ1n) is 6.63. The summed E-state index contributed by atoms with van der Waals surface area (Å²) in [6.07, 6.45) is 4.29. The van der Waals surface area contributed by atoms with Gasteiger partial charge in [-0.3, -0.25) is 0 Å². The molecule has 1 saturated carbocycles. The third-order valence-corrected chi connectivity index (χ3v) is 3.67. The normalized spacial score (nSPS) is 23.7. The van der Waals surface area contributed by atoms with Crippen LogP contribution in [-0.4, -0.2) is 12.1 Å². The predicted octanol–water partition coefficient (Wildman–Crippen LogP) is 3.31. The van der Waals surface area contributed by atoms with Gasteiger partial charge in [-0.05, 0) is 50.7 Å². The number of rotatable bonds is 2. The zero-order valence-corrected chi connectivity index (χ0v) is 11.1. The van der Waals surface area contributed by atoms with E-state index in [9.17, 15) is 4.79 Å². The van der Waals surface area contributed by atoms with E-state index in [0.29, 0.717) is 11.3 Å². The van der Waals surface area contributed by atoms with Gasteiger partial charge in [0.05, 0.1) is 5.56 Å². The molecule has 1 aromatic carbocycles. The van der Waals surface area contributed by atoms with E-state index >= 15 is 0 Å². The Balaban J connectivity index is 2.01. The second-order valence-electron chi connectivity index (χ2n) is 5.38. The highest BCUT2D eigenvalue weighted by Gasteiger charge is 2.22. The average Bonchev–Trinajstić information content (AvgIpc) is 2.35. The topological polar surface area (TPSA) is 52.3 Å². The maximum atomic E-state index is 12.1. The van der Waals surface area contributed by atoms with E-state index in [4.69, 9.17) is 10.5 Å². The van der Waals surface area contributed by atoms with Crippen molar-refractivity contribution in [1.82, 2.24) is 0 Å². The number of hydrogen-bond donors (Lipinski definition) is 1. The van der Waals surface area contributed by atoms with E-state index < -0.39 is 0 Å². The van der Waals surface area contributed by atoms with E-state index in [1.807, 2.05) is 13.0 Å². The van der Waals surface area contributed by atoms with Crippen molar-refractivity contribution in [3.05, 3.63) is 29.3 Å². The van der Waals surface area contributed by atoms with Gasteiger partial charge in [-0.25, -0.2) is 4.79 Å². The molecule has 0 aliphatic heterocycles. The van der Waals surface area contributed by atoms with Crippen LogP contribution in [-0.2, 0) is 4.74 Å². The molecule has 0 unspecified atom stereocenters. The molecule has 0 atom stereocenters. The SMILES string of the molecule is Cc1ccc(N)c(C(=O)OC2CCC(C)CC2)c1. The Hall–Kier alpha value is -1.51. The van der Waals surface area contributed by atoms with Gasteiger partial charge >= 0.3 is 5.97 Å². The summed E-state index contributed by atoms with van der Waals surface area (Å²) in [6.45, 7) is 4.19. The van der Waals surface area contributed by atoms with Crippen molar-refractivity contribution in [2.24, 2.45) is 5.92 Å². The van der Waals surface area contributed by atoms with E-state index in [1.165, 1.54) is 0 Å². The maximum absolute atomic E-state index is 12.1. The van der Waals surface area contributed by atoms with E-state index in [-0.39, 0.29) is 12.1 Å². The first kappa shape index (κ1) is 12.9. The van der Waals surface area contributed by atoms with E-state index in [1.54, 1.807) is 12.1 Å². The van der Waals surface area contributed by atoms with Crippen molar-refractivity contribution in [1.29, 1.82) is 0 Å². The fraction of sp³-hybridized carbons (Fsp3) is 0.533. The Kier molecular flexibility index (Phi) is 3.90. The second-order valence-corrected chi connectivity index (χ2v) is 5.38. The Bertz CT molecular complexity index is 434. The second kappa shape index (κ2) is 5.42. The smallest absolute Gasteiger partial charge is 0.340 e. The molecule has 0 spiro atoms. The molecule has 0 saturated heterocycles. The summed E-state index contributed by atoms with van der Waals surface area (Å²) in [5, 5.41) is 0. The van der Waals surface area contributed by atoms with Gasteiger partial charge in [-0.15, -0.1) is 0 Å². The molecule has 3 nitrogen and oxygen atoms in total. The molecule has 98 valence electrons. The van der Waals surface area contributed by atoms with Gasteiger partial charge in [0.2, 0.25) is 0 Å². The fourth-order valence-corrected chi connectivity index (χ4v) is 2.41. The van der Waals surface area contributed by atoms with Gasteiger partial charge in [0.15, 0.2) is 0 Å². The molecule has 1 aromatic rings. The number of carbonyl (C=O) groups is 1. The van der Waals surface area contributed by atoms with Crippen molar-refractivity contribution in [2.75, 3.05) is 5.73 Å². The van der Waals surface area contributed by atoms with E-state index in [0.717, 1.165) is 37.2 Å². The van der Waals surface area contributed by atoms with Crippen LogP contribution < -0.4 is 5.73 Å². The molecule has 1 fully saturated rings. The van der Waals surface area contributed by atoms with Crippen molar-refractivity contribution < 1.29 is 9.53 Å². The minimum Gasteiger partial charge on any atom is -0.459 e. The van der Waals surface area contributed by atoms with Gasteiger partial charge in [-0.1, -0.05) is 18.6 Å². The Morgan fingerprint density at radius 1 is 1.28 bits per heavy atom. The van der Waals surface area contributed by atoms with Crippen molar-refractivity contribution in [3.8, 4) is 0 Å². The lowest BCUT2D eigenvalue weighted by molar-refractivity contribution is 0.0175. The number of nitrogens with two attached hydrogens (primary N) is 1. The van der Waals surface area contributed by atoms with Gasteiger partial charge in [0.1, 0.15) is 6.10 Å². The molecule has 0 amide bonds. The van der Waals surface area contributed by atoms with Crippen LogP contribution >= 0.6 is 0 Å². The molecule has 0 bridgehead atoms. The summed E-state index contributed by atoms with van der Waals surface area (Å²) in [7, 11) is 0. The summed E-state index contributed by atoms with van der Waals surface area (Å²) >= 11 is 0. The number of esters is 1. The fourth-order valence-electron chi connectivity index (χ4n) is 2.41. The highest BCUT2D eigenvalue weighted by molar-refractivity contribution is 5.95. The van der Waals surface area contributed by atoms with Crippen LogP contribution in [0.25, 0.3) is 0 Å². The van der Waals surface area contributed by atoms with Crippen LogP contribution in [0.2, 0.25) is 0 Å². The average molecular weight is 247 g/mol. The van der Waals surface area contributed by atoms with Gasteiger partial charge in [-0.2, -0.15) is 0 Å². The Morgan fingerprint density at radius 2 is 1.94 bits per heavy atom. The lowest BCUT2D eigenvalue weighted by Crippen LogP contribution is -2.24. The summed E-state index contributed by atoms with van der Waals surface area (Å²) < 4.78 is 5.54. The lowest BCUT2D eigenvalue weighted by atomic mass is 9.89. The molecule has 0 aromatic heterocycles. The third kappa shape index (κ3) is 3.03. The van der Waals surface area contributed by atoms with Crippen LogP contribution in [0.15, 0.2) is 18.2 Å². The molecule has 1 aliphatic carbocycles. The number of ether oxygens (including phenoxy) is 1. The standard InChI is InChI=1S/C15H21NO2/c1-10-3-6-12(7-4-10)18-15(17)13-9-11(2)5-8-14(13)16/h5,8-10,12H,3-4,6-7,16H2,1-2H3. The molecule has 3 heteroatoms. The summed E-state index contributed by atoms with van der Waals surface area (Å²) in [5.74, 6) is 0.472. The van der Waals surface area contributed by atoms with Gasteiger partial charge < -0.3 is 10.5 Å². The monoisotopic (exact) mass is 247 g/mol. The lowest BCUT2D eigenvalue weighted by Gasteiger charge is -2.26. The van der Waals surface area contributed by atoms with Crippen molar-refractivity contribution >= 4 is 11.7 Å². The molecule has 0 heterocycles. The van der Waals surface area contributed by atoms with E-state index in [2.05, 4.69) is 6.92 Å². The first-order chi connectivity index (χ1) is 8.56. The van der Waals surface area contributed by atoms with Crippen molar-refractivity contribution in [3.63, 3.8) is 0 Å². The van der Waals surface area contributed by atoms with Gasteiger partial charge in [0.25, 0.3) is 0 Å². The molecular formula is C15H21NO2. The summed E-state index contributed by atoms with van der Waals surface area (Å²) in [5.41, 5.74) is 7.83. The molecule has 0 radical (unpaired) electrons. The number of anilines is 1. The highest BCUT2D eigenvalue weighted by Crippen LogP contribution is 2.26. The van der Waals surface area contributed by atoms with Crippen LogP contribution in [0.1, 0.15) is 48.5 Å². The third-order valence-electron chi connectivity index (χ3n) is 3.67. The number of hydrogen-bond acceptors (Lipinski definition) is 3. The predicted molar refractivity (Wildman–Crippen MR) is 72.4 cm³/mol. The summed E-state index contributed by atoms with van der Waals surface area (Å²) in [4.78, 5) is 12.1. The molecule has 18 heavy (non-hydrogen) atoms. The highest BCUT2D eigenvalue weighted by atomic mass is 16.5. The van der Waals surface area contributed by atoms with Crippen LogP contribution in [0.3, 0.4) is 0 Å². The minimum absolute atomic E-state index is 0.0635.